The number of halogens is 4. The van der Waals surface area contributed by atoms with Crippen molar-refractivity contribution in [3.8, 4) is 5.82 Å². The summed E-state index contributed by atoms with van der Waals surface area (Å²) in [5.41, 5.74) is 1.67. The average molecular weight is 290 g/mol. The van der Waals surface area contributed by atoms with Crippen LogP contribution < -0.4 is 0 Å². The molecule has 2 aromatic heterocycles. The van der Waals surface area contributed by atoms with Crippen molar-refractivity contribution in [2.75, 3.05) is 0 Å². The van der Waals surface area contributed by atoms with Gasteiger partial charge in [-0.3, -0.25) is 0 Å². The highest BCUT2D eigenvalue weighted by molar-refractivity contribution is 6.32. The first-order chi connectivity index (χ1) is 8.71. The molecule has 0 fully saturated rings. The van der Waals surface area contributed by atoms with Gasteiger partial charge in [0.15, 0.2) is 5.82 Å². The summed E-state index contributed by atoms with van der Waals surface area (Å²) in [6.45, 7) is 5.51. The van der Waals surface area contributed by atoms with Crippen LogP contribution >= 0.6 is 11.6 Å². The maximum absolute atomic E-state index is 12.5. The summed E-state index contributed by atoms with van der Waals surface area (Å²) >= 11 is 5.88. The van der Waals surface area contributed by atoms with Crippen molar-refractivity contribution >= 4 is 11.6 Å². The molecule has 0 aromatic carbocycles. The fraction of sp³-hybridized carbons (Fsp3) is 0.333. The third-order valence-electron chi connectivity index (χ3n) is 3.00. The van der Waals surface area contributed by atoms with Crippen LogP contribution in [-0.4, -0.2) is 14.8 Å². The molecule has 0 saturated heterocycles. The van der Waals surface area contributed by atoms with Crippen LogP contribution in [0.15, 0.2) is 12.3 Å². The summed E-state index contributed by atoms with van der Waals surface area (Å²) in [4.78, 5) is 3.78. The second-order valence-corrected chi connectivity index (χ2v) is 4.64. The van der Waals surface area contributed by atoms with Gasteiger partial charge in [-0.1, -0.05) is 11.6 Å². The first-order valence-corrected chi connectivity index (χ1v) is 5.85. The van der Waals surface area contributed by atoms with Crippen molar-refractivity contribution in [3.63, 3.8) is 0 Å². The molecule has 0 unspecified atom stereocenters. The van der Waals surface area contributed by atoms with Gasteiger partial charge in [-0.2, -0.15) is 18.3 Å². The van der Waals surface area contributed by atoms with Crippen LogP contribution in [0.2, 0.25) is 5.02 Å². The van der Waals surface area contributed by atoms with Gasteiger partial charge in [0.2, 0.25) is 0 Å². The zero-order chi connectivity index (χ0) is 14.4. The first-order valence-electron chi connectivity index (χ1n) is 5.47. The molecule has 0 radical (unpaired) electrons. The van der Waals surface area contributed by atoms with Gasteiger partial charge in [-0.15, -0.1) is 0 Å². The van der Waals surface area contributed by atoms with Crippen LogP contribution in [0.4, 0.5) is 13.2 Å². The number of nitrogens with zero attached hydrogens (tertiary/aromatic N) is 3. The van der Waals surface area contributed by atoms with E-state index in [9.17, 15) is 13.2 Å². The molecule has 0 bridgehead atoms. The molecule has 0 amide bonds. The quantitative estimate of drug-likeness (QED) is 0.798. The molecule has 2 rings (SSSR count). The maximum atomic E-state index is 12.5. The van der Waals surface area contributed by atoms with Gasteiger partial charge in [0.05, 0.1) is 16.3 Å². The average Bonchev–Trinajstić information content (AvgIpc) is 2.56. The van der Waals surface area contributed by atoms with Crippen molar-refractivity contribution in [2.45, 2.75) is 26.9 Å². The van der Waals surface area contributed by atoms with E-state index in [2.05, 4.69) is 10.1 Å². The molecule has 3 nitrogen and oxygen atoms in total. The lowest BCUT2D eigenvalue weighted by Gasteiger charge is -2.10. The summed E-state index contributed by atoms with van der Waals surface area (Å²) < 4.78 is 39.0. The molecule has 0 atom stereocenters. The SMILES string of the molecule is Cc1nn(-c2ncc(C(F)(F)F)cc2Cl)c(C)c1C. The minimum absolute atomic E-state index is 0.0829. The third kappa shape index (κ3) is 2.45. The van der Waals surface area contributed by atoms with E-state index in [1.54, 1.807) is 0 Å². The lowest BCUT2D eigenvalue weighted by atomic mass is 10.2. The number of rotatable bonds is 1. The standard InChI is InChI=1S/C12H11ClF3N3/c1-6-7(2)18-19(8(6)3)11-10(13)4-9(5-17-11)12(14,15)16/h4-5H,1-3H3. The first kappa shape index (κ1) is 13.9. The molecule has 0 aliphatic heterocycles. The van der Waals surface area contributed by atoms with E-state index in [4.69, 9.17) is 11.6 Å². The lowest BCUT2D eigenvalue weighted by Crippen LogP contribution is -2.09. The fourth-order valence-corrected chi connectivity index (χ4v) is 1.91. The van der Waals surface area contributed by atoms with Crippen LogP contribution in [-0.2, 0) is 6.18 Å². The largest absolute Gasteiger partial charge is 0.417 e. The fourth-order valence-electron chi connectivity index (χ4n) is 1.67. The van der Waals surface area contributed by atoms with E-state index < -0.39 is 11.7 Å². The predicted molar refractivity (Wildman–Crippen MR) is 65.6 cm³/mol. The van der Waals surface area contributed by atoms with Crippen molar-refractivity contribution < 1.29 is 13.2 Å². The predicted octanol–water partition coefficient (Wildman–Crippen LogP) is 3.86. The van der Waals surface area contributed by atoms with Gasteiger partial charge < -0.3 is 0 Å². The summed E-state index contributed by atoms with van der Waals surface area (Å²) in [6, 6.07) is 0.857. The van der Waals surface area contributed by atoms with E-state index in [1.807, 2.05) is 20.8 Å². The minimum atomic E-state index is -4.46. The Morgan fingerprint density at radius 3 is 2.26 bits per heavy atom. The molecular formula is C12H11ClF3N3. The molecule has 0 N–H and O–H groups in total. The van der Waals surface area contributed by atoms with E-state index in [1.165, 1.54) is 4.68 Å². The van der Waals surface area contributed by atoms with Crippen LogP contribution in [0.25, 0.3) is 5.82 Å². The molecular weight excluding hydrogens is 279 g/mol. The highest BCUT2D eigenvalue weighted by Crippen LogP contribution is 2.32. The van der Waals surface area contributed by atoms with E-state index >= 15 is 0 Å². The Bertz CT molecular complexity index is 632. The maximum Gasteiger partial charge on any atom is 0.417 e. The van der Waals surface area contributed by atoms with Crippen molar-refractivity contribution in [1.29, 1.82) is 0 Å². The van der Waals surface area contributed by atoms with E-state index in [0.717, 1.165) is 29.2 Å². The Kier molecular flexibility index (Phi) is 3.30. The smallest absolute Gasteiger partial charge is 0.235 e. The zero-order valence-electron chi connectivity index (χ0n) is 10.5. The van der Waals surface area contributed by atoms with Crippen molar-refractivity contribution in [2.24, 2.45) is 0 Å². The highest BCUT2D eigenvalue weighted by atomic mass is 35.5. The summed E-state index contributed by atoms with van der Waals surface area (Å²) in [5, 5.41) is 4.14. The molecule has 0 saturated carbocycles. The second-order valence-electron chi connectivity index (χ2n) is 4.23. The molecule has 2 aromatic rings. The Balaban J connectivity index is 2.55. The van der Waals surface area contributed by atoms with Gasteiger partial charge in [-0.25, -0.2) is 9.67 Å². The minimum Gasteiger partial charge on any atom is -0.235 e. The molecule has 19 heavy (non-hydrogen) atoms. The number of aryl methyl sites for hydroxylation is 1. The number of pyridine rings is 1. The number of hydrogen-bond acceptors (Lipinski definition) is 2. The zero-order valence-corrected chi connectivity index (χ0v) is 11.3. The Hall–Kier alpha value is -1.56. The van der Waals surface area contributed by atoms with Gasteiger partial charge in [0, 0.05) is 11.9 Å². The van der Waals surface area contributed by atoms with Gasteiger partial charge in [0.25, 0.3) is 0 Å². The Labute approximate surface area is 113 Å². The topological polar surface area (TPSA) is 30.7 Å². The van der Waals surface area contributed by atoms with E-state index in [-0.39, 0.29) is 10.8 Å². The monoisotopic (exact) mass is 289 g/mol. The van der Waals surface area contributed by atoms with Crippen LogP contribution in [0, 0.1) is 20.8 Å². The molecule has 7 heteroatoms. The second kappa shape index (κ2) is 4.52. The van der Waals surface area contributed by atoms with Crippen molar-refractivity contribution in [1.82, 2.24) is 14.8 Å². The molecule has 0 aliphatic rings. The van der Waals surface area contributed by atoms with Crippen LogP contribution in [0.1, 0.15) is 22.5 Å². The molecule has 2 heterocycles. The number of hydrogen-bond donors (Lipinski definition) is 0. The van der Waals surface area contributed by atoms with E-state index in [0.29, 0.717) is 0 Å². The molecule has 0 spiro atoms. The summed E-state index contributed by atoms with van der Waals surface area (Å²) in [7, 11) is 0. The van der Waals surface area contributed by atoms with Gasteiger partial charge in [0.1, 0.15) is 0 Å². The highest BCUT2D eigenvalue weighted by Gasteiger charge is 2.32. The summed E-state index contributed by atoms with van der Waals surface area (Å²) in [5.74, 6) is 0.198. The number of aromatic nitrogens is 3. The lowest BCUT2D eigenvalue weighted by molar-refractivity contribution is -0.137. The Morgan fingerprint density at radius 1 is 1.21 bits per heavy atom. The van der Waals surface area contributed by atoms with Crippen molar-refractivity contribution in [3.05, 3.63) is 39.8 Å². The number of alkyl halides is 3. The van der Waals surface area contributed by atoms with Gasteiger partial charge >= 0.3 is 6.18 Å². The normalized spacial score (nSPS) is 11.9. The third-order valence-corrected chi connectivity index (χ3v) is 3.28. The molecule has 102 valence electrons. The van der Waals surface area contributed by atoms with Gasteiger partial charge in [-0.05, 0) is 32.4 Å². The van der Waals surface area contributed by atoms with Crippen LogP contribution in [0.5, 0.6) is 0 Å². The molecule has 0 aliphatic carbocycles. The Morgan fingerprint density at radius 2 is 1.84 bits per heavy atom. The summed E-state index contributed by atoms with van der Waals surface area (Å²) in [6.07, 6.45) is -3.70. The van der Waals surface area contributed by atoms with Crippen LogP contribution in [0.3, 0.4) is 0 Å².